The highest BCUT2D eigenvalue weighted by Gasteiger charge is 2.08. The monoisotopic (exact) mass is 234 g/mol. The number of carbonyl (C=O) groups excluding carboxylic acids is 1. The Labute approximate surface area is 103 Å². The van der Waals surface area contributed by atoms with Crippen molar-refractivity contribution in [3.05, 3.63) is 35.4 Å². The van der Waals surface area contributed by atoms with Gasteiger partial charge in [-0.05, 0) is 37.8 Å². The summed E-state index contributed by atoms with van der Waals surface area (Å²) in [6, 6.07) is 7.94. The molecule has 1 aromatic carbocycles. The quantitative estimate of drug-likeness (QED) is 0.741. The fraction of sp³-hybridized carbons (Fsp3) is 0.500. The van der Waals surface area contributed by atoms with Gasteiger partial charge in [-0.15, -0.1) is 0 Å². The van der Waals surface area contributed by atoms with Gasteiger partial charge in [0.25, 0.3) is 5.91 Å². The summed E-state index contributed by atoms with van der Waals surface area (Å²) < 4.78 is 0. The summed E-state index contributed by atoms with van der Waals surface area (Å²) in [4.78, 5) is 11.9. The van der Waals surface area contributed by atoms with Crippen molar-refractivity contribution >= 4 is 5.91 Å². The van der Waals surface area contributed by atoms with Crippen LogP contribution in [0.2, 0.25) is 0 Å². The molecule has 0 heterocycles. The minimum absolute atomic E-state index is 0.0205. The minimum atomic E-state index is 0.0205. The van der Waals surface area contributed by atoms with Gasteiger partial charge in [-0.2, -0.15) is 0 Å². The Balaban J connectivity index is 2.47. The van der Waals surface area contributed by atoms with Crippen LogP contribution in [0, 0.1) is 0 Å². The van der Waals surface area contributed by atoms with Crippen LogP contribution in [0.15, 0.2) is 24.3 Å². The lowest BCUT2D eigenvalue weighted by Crippen LogP contribution is -2.26. The van der Waals surface area contributed by atoms with Crippen LogP contribution in [0.25, 0.3) is 0 Å². The first-order chi connectivity index (χ1) is 8.15. The van der Waals surface area contributed by atoms with E-state index in [0.29, 0.717) is 6.54 Å². The van der Waals surface area contributed by atoms with Gasteiger partial charge in [0, 0.05) is 18.2 Å². The summed E-state index contributed by atoms with van der Waals surface area (Å²) >= 11 is 0. The summed E-state index contributed by atoms with van der Waals surface area (Å²) in [5.41, 5.74) is 7.54. The van der Waals surface area contributed by atoms with E-state index in [-0.39, 0.29) is 11.9 Å². The van der Waals surface area contributed by atoms with Crippen LogP contribution in [-0.2, 0) is 6.42 Å². The largest absolute Gasteiger partial charge is 0.352 e. The summed E-state index contributed by atoms with van der Waals surface area (Å²) in [6.45, 7) is 4.73. The minimum Gasteiger partial charge on any atom is -0.352 e. The fourth-order valence-electron chi connectivity index (χ4n) is 1.77. The second-order valence-electron chi connectivity index (χ2n) is 4.39. The lowest BCUT2D eigenvalue weighted by Gasteiger charge is -2.09. The molecule has 0 aromatic heterocycles. The summed E-state index contributed by atoms with van der Waals surface area (Å²) in [5, 5.41) is 2.93. The van der Waals surface area contributed by atoms with Crippen molar-refractivity contribution in [3.63, 3.8) is 0 Å². The molecule has 0 spiro atoms. The molecule has 3 heteroatoms. The number of rotatable bonds is 6. The molecule has 0 fully saturated rings. The topological polar surface area (TPSA) is 55.1 Å². The van der Waals surface area contributed by atoms with E-state index in [1.165, 1.54) is 0 Å². The number of amides is 1. The third-order valence-electron chi connectivity index (χ3n) is 2.76. The molecule has 1 amide bonds. The lowest BCUT2D eigenvalue weighted by molar-refractivity contribution is 0.0952. The van der Waals surface area contributed by atoms with Crippen molar-refractivity contribution in [2.45, 2.75) is 39.2 Å². The van der Waals surface area contributed by atoms with E-state index in [1.807, 2.05) is 31.2 Å². The zero-order valence-corrected chi connectivity index (χ0v) is 10.7. The number of carbonyl (C=O) groups is 1. The maximum absolute atomic E-state index is 11.9. The van der Waals surface area contributed by atoms with E-state index in [2.05, 4.69) is 12.2 Å². The molecule has 1 atom stereocenters. The molecular weight excluding hydrogens is 212 g/mol. The Hall–Kier alpha value is -1.35. The molecule has 0 aliphatic heterocycles. The summed E-state index contributed by atoms with van der Waals surface area (Å²) in [6.07, 6.45) is 2.75. The van der Waals surface area contributed by atoms with E-state index in [1.54, 1.807) is 0 Å². The first kappa shape index (κ1) is 13.7. The Bertz CT molecular complexity index is 361. The third-order valence-corrected chi connectivity index (χ3v) is 2.76. The van der Waals surface area contributed by atoms with Gasteiger partial charge in [0.05, 0.1) is 0 Å². The average Bonchev–Trinajstić information content (AvgIpc) is 2.34. The Morgan fingerprint density at radius 1 is 1.41 bits per heavy atom. The number of nitrogens with one attached hydrogen (secondary N) is 1. The van der Waals surface area contributed by atoms with Gasteiger partial charge in [-0.3, -0.25) is 4.79 Å². The zero-order valence-electron chi connectivity index (χ0n) is 10.7. The molecule has 1 rings (SSSR count). The number of hydrogen-bond acceptors (Lipinski definition) is 2. The number of nitrogens with two attached hydrogens (primary N) is 1. The van der Waals surface area contributed by atoms with Gasteiger partial charge >= 0.3 is 0 Å². The van der Waals surface area contributed by atoms with E-state index in [9.17, 15) is 4.79 Å². The number of hydrogen-bond donors (Lipinski definition) is 2. The van der Waals surface area contributed by atoms with Crippen LogP contribution in [0.4, 0.5) is 0 Å². The maximum atomic E-state index is 11.9. The van der Waals surface area contributed by atoms with Crippen molar-refractivity contribution in [1.29, 1.82) is 0 Å². The number of aryl methyl sites for hydroxylation is 1. The van der Waals surface area contributed by atoms with Gasteiger partial charge in [-0.1, -0.05) is 25.1 Å². The molecule has 1 unspecified atom stereocenters. The molecule has 17 heavy (non-hydrogen) atoms. The van der Waals surface area contributed by atoms with Crippen LogP contribution >= 0.6 is 0 Å². The van der Waals surface area contributed by atoms with Gasteiger partial charge in [0.15, 0.2) is 0 Å². The highest BCUT2D eigenvalue weighted by molar-refractivity contribution is 5.95. The summed E-state index contributed by atoms with van der Waals surface area (Å²) in [5.74, 6) is 0.0205. The van der Waals surface area contributed by atoms with Crippen molar-refractivity contribution in [2.75, 3.05) is 6.54 Å². The molecule has 94 valence electrons. The molecule has 0 bridgehead atoms. The predicted molar refractivity (Wildman–Crippen MR) is 71.0 cm³/mol. The molecule has 1 aromatic rings. The van der Waals surface area contributed by atoms with E-state index < -0.39 is 0 Å². The Kier molecular flexibility index (Phi) is 5.70. The van der Waals surface area contributed by atoms with Gasteiger partial charge in [0.1, 0.15) is 0 Å². The van der Waals surface area contributed by atoms with E-state index >= 15 is 0 Å². The normalized spacial score (nSPS) is 12.2. The smallest absolute Gasteiger partial charge is 0.251 e. The number of benzene rings is 1. The molecule has 3 nitrogen and oxygen atoms in total. The summed E-state index contributed by atoms with van der Waals surface area (Å²) in [7, 11) is 0. The SMILES string of the molecule is CCc1ccccc1C(=O)NCCCC(C)N. The van der Waals surface area contributed by atoms with Crippen molar-refractivity contribution in [3.8, 4) is 0 Å². The molecule has 0 aliphatic carbocycles. The third kappa shape index (κ3) is 4.57. The zero-order chi connectivity index (χ0) is 12.7. The van der Waals surface area contributed by atoms with Crippen LogP contribution in [0.5, 0.6) is 0 Å². The lowest BCUT2D eigenvalue weighted by atomic mass is 10.0. The Morgan fingerprint density at radius 2 is 2.12 bits per heavy atom. The average molecular weight is 234 g/mol. The molecule has 0 saturated heterocycles. The highest BCUT2D eigenvalue weighted by atomic mass is 16.1. The molecular formula is C14H22N2O. The molecule has 0 radical (unpaired) electrons. The second-order valence-corrected chi connectivity index (χ2v) is 4.39. The standard InChI is InChI=1S/C14H22N2O/c1-3-12-8-4-5-9-13(12)14(17)16-10-6-7-11(2)15/h4-5,8-9,11H,3,6-7,10,15H2,1-2H3,(H,16,17). The first-order valence-corrected chi connectivity index (χ1v) is 6.26. The van der Waals surface area contributed by atoms with Crippen molar-refractivity contribution in [2.24, 2.45) is 5.73 Å². The van der Waals surface area contributed by atoms with Gasteiger partial charge in [-0.25, -0.2) is 0 Å². The fourth-order valence-corrected chi connectivity index (χ4v) is 1.77. The predicted octanol–water partition coefficient (Wildman–Crippen LogP) is 2.11. The van der Waals surface area contributed by atoms with Crippen LogP contribution in [0.3, 0.4) is 0 Å². The van der Waals surface area contributed by atoms with Gasteiger partial charge in [0.2, 0.25) is 0 Å². The maximum Gasteiger partial charge on any atom is 0.251 e. The van der Waals surface area contributed by atoms with Crippen LogP contribution in [0.1, 0.15) is 42.6 Å². The molecule has 0 saturated carbocycles. The van der Waals surface area contributed by atoms with Crippen LogP contribution in [-0.4, -0.2) is 18.5 Å². The Morgan fingerprint density at radius 3 is 2.76 bits per heavy atom. The molecule has 3 N–H and O–H groups in total. The highest BCUT2D eigenvalue weighted by Crippen LogP contribution is 2.09. The molecule has 0 aliphatic rings. The first-order valence-electron chi connectivity index (χ1n) is 6.26. The van der Waals surface area contributed by atoms with E-state index in [4.69, 9.17) is 5.73 Å². The van der Waals surface area contributed by atoms with Crippen LogP contribution < -0.4 is 11.1 Å². The van der Waals surface area contributed by atoms with E-state index in [0.717, 1.165) is 30.4 Å². The van der Waals surface area contributed by atoms with Crippen molar-refractivity contribution in [1.82, 2.24) is 5.32 Å². The van der Waals surface area contributed by atoms with Gasteiger partial charge < -0.3 is 11.1 Å². The second kappa shape index (κ2) is 7.07. The van der Waals surface area contributed by atoms with Crippen molar-refractivity contribution < 1.29 is 4.79 Å².